The molecule has 0 spiro atoms. The standard InChI is InChI=1S/C12H7ClFN3S/c13-7-3-6(4-8(14)5-7)10-9-1-2-18-11(9)17-12(15)16-10/h1-5H,(H2,15,16,17). The van der Waals surface area contributed by atoms with E-state index in [1.54, 1.807) is 6.07 Å². The van der Waals surface area contributed by atoms with E-state index in [-0.39, 0.29) is 5.95 Å². The maximum atomic E-state index is 13.4. The summed E-state index contributed by atoms with van der Waals surface area (Å²) in [4.78, 5) is 9.07. The number of hydrogen-bond acceptors (Lipinski definition) is 4. The molecule has 0 atom stereocenters. The van der Waals surface area contributed by atoms with Gasteiger partial charge in [0.15, 0.2) is 0 Å². The zero-order chi connectivity index (χ0) is 12.7. The minimum absolute atomic E-state index is 0.167. The molecule has 0 aliphatic heterocycles. The van der Waals surface area contributed by atoms with E-state index in [9.17, 15) is 4.39 Å². The molecule has 6 heteroatoms. The number of anilines is 1. The number of nitrogen functional groups attached to an aromatic ring is 1. The summed E-state index contributed by atoms with van der Waals surface area (Å²) in [5, 5.41) is 3.06. The van der Waals surface area contributed by atoms with Crippen LogP contribution in [-0.4, -0.2) is 9.97 Å². The van der Waals surface area contributed by atoms with E-state index in [4.69, 9.17) is 17.3 Å². The number of benzene rings is 1. The molecule has 3 aromatic rings. The predicted octanol–water partition coefficient (Wildman–Crippen LogP) is 3.73. The number of rotatable bonds is 1. The summed E-state index contributed by atoms with van der Waals surface area (Å²) >= 11 is 7.31. The lowest BCUT2D eigenvalue weighted by atomic mass is 10.1. The molecule has 3 rings (SSSR count). The second-order valence-electron chi connectivity index (χ2n) is 3.73. The molecule has 0 radical (unpaired) electrons. The highest BCUT2D eigenvalue weighted by Gasteiger charge is 2.11. The van der Waals surface area contributed by atoms with Crippen molar-refractivity contribution in [3.63, 3.8) is 0 Å². The third kappa shape index (κ3) is 1.91. The van der Waals surface area contributed by atoms with E-state index in [0.29, 0.717) is 16.3 Å². The first kappa shape index (κ1) is 11.4. The number of fused-ring (bicyclic) bond motifs is 1. The van der Waals surface area contributed by atoms with Crippen LogP contribution < -0.4 is 5.73 Å². The van der Waals surface area contributed by atoms with E-state index in [0.717, 1.165) is 10.2 Å². The van der Waals surface area contributed by atoms with Gasteiger partial charge >= 0.3 is 0 Å². The molecule has 90 valence electrons. The van der Waals surface area contributed by atoms with E-state index in [2.05, 4.69) is 9.97 Å². The van der Waals surface area contributed by atoms with Gasteiger partial charge in [0.05, 0.1) is 5.69 Å². The monoisotopic (exact) mass is 279 g/mol. The SMILES string of the molecule is Nc1nc(-c2cc(F)cc(Cl)c2)c2ccsc2n1. The molecule has 2 aromatic heterocycles. The van der Waals surface area contributed by atoms with E-state index < -0.39 is 5.82 Å². The largest absolute Gasteiger partial charge is 0.368 e. The number of halogens is 2. The first-order valence-corrected chi connectivity index (χ1v) is 6.36. The van der Waals surface area contributed by atoms with Crippen LogP contribution in [0.2, 0.25) is 5.02 Å². The minimum atomic E-state index is -0.405. The van der Waals surface area contributed by atoms with Crippen LogP contribution >= 0.6 is 22.9 Å². The van der Waals surface area contributed by atoms with Gasteiger partial charge in [-0.1, -0.05) is 11.6 Å². The molecule has 0 amide bonds. The highest BCUT2D eigenvalue weighted by atomic mass is 35.5. The highest BCUT2D eigenvalue weighted by Crippen LogP contribution is 2.31. The summed E-state index contributed by atoms with van der Waals surface area (Å²) in [6.45, 7) is 0. The Morgan fingerprint density at radius 1 is 1.22 bits per heavy atom. The van der Waals surface area contributed by atoms with Crippen molar-refractivity contribution in [2.75, 3.05) is 5.73 Å². The fourth-order valence-corrected chi connectivity index (χ4v) is 2.78. The Kier molecular flexibility index (Phi) is 2.65. The average Bonchev–Trinajstić information content (AvgIpc) is 2.74. The van der Waals surface area contributed by atoms with Crippen molar-refractivity contribution in [3.8, 4) is 11.3 Å². The van der Waals surface area contributed by atoms with E-state index >= 15 is 0 Å². The first-order chi connectivity index (χ1) is 8.63. The fourth-order valence-electron chi connectivity index (χ4n) is 1.78. The zero-order valence-corrected chi connectivity index (χ0v) is 10.6. The molecule has 0 bridgehead atoms. The molecule has 0 unspecified atom stereocenters. The van der Waals surface area contributed by atoms with Gasteiger partial charge in [0.25, 0.3) is 0 Å². The highest BCUT2D eigenvalue weighted by molar-refractivity contribution is 7.16. The number of hydrogen-bond donors (Lipinski definition) is 1. The number of thiophene rings is 1. The van der Waals surface area contributed by atoms with Crippen molar-refractivity contribution in [2.24, 2.45) is 0 Å². The van der Waals surface area contributed by atoms with Crippen LogP contribution in [0.5, 0.6) is 0 Å². The Hall–Kier alpha value is -1.72. The van der Waals surface area contributed by atoms with Crippen LogP contribution in [0.15, 0.2) is 29.6 Å². The molecule has 2 N–H and O–H groups in total. The van der Waals surface area contributed by atoms with Crippen molar-refractivity contribution < 1.29 is 4.39 Å². The second-order valence-corrected chi connectivity index (χ2v) is 5.06. The van der Waals surface area contributed by atoms with Crippen molar-refractivity contribution >= 4 is 39.1 Å². The third-order valence-electron chi connectivity index (χ3n) is 2.48. The molecule has 0 saturated heterocycles. The second kappa shape index (κ2) is 4.19. The minimum Gasteiger partial charge on any atom is -0.368 e. The Morgan fingerprint density at radius 2 is 2.06 bits per heavy atom. The Labute approximate surface area is 111 Å². The smallest absolute Gasteiger partial charge is 0.221 e. The summed E-state index contributed by atoms with van der Waals surface area (Å²) in [5.41, 5.74) is 6.85. The molecule has 0 aliphatic rings. The average molecular weight is 280 g/mol. The maximum absolute atomic E-state index is 13.4. The Bertz CT molecular complexity index is 721. The number of nitrogens with two attached hydrogens (primary N) is 1. The quantitative estimate of drug-likeness (QED) is 0.738. The van der Waals surface area contributed by atoms with Gasteiger partial charge in [-0.25, -0.2) is 14.4 Å². The molecule has 18 heavy (non-hydrogen) atoms. The molecule has 0 saturated carbocycles. The van der Waals surface area contributed by atoms with Gasteiger partial charge in [-0.15, -0.1) is 11.3 Å². The summed E-state index contributed by atoms with van der Waals surface area (Å²) in [6, 6.07) is 6.17. The van der Waals surface area contributed by atoms with Crippen LogP contribution in [0.1, 0.15) is 0 Å². The van der Waals surface area contributed by atoms with Crippen LogP contribution in [0.25, 0.3) is 21.5 Å². The van der Waals surface area contributed by atoms with Crippen LogP contribution in [0, 0.1) is 5.82 Å². The van der Waals surface area contributed by atoms with Crippen molar-refractivity contribution in [3.05, 3.63) is 40.5 Å². The van der Waals surface area contributed by atoms with Crippen molar-refractivity contribution in [1.82, 2.24) is 9.97 Å². The molecular formula is C12H7ClFN3S. The van der Waals surface area contributed by atoms with Gasteiger partial charge in [0.2, 0.25) is 5.95 Å². The van der Waals surface area contributed by atoms with Crippen LogP contribution in [0.3, 0.4) is 0 Å². The lowest BCUT2D eigenvalue weighted by Gasteiger charge is -2.04. The molecule has 3 nitrogen and oxygen atoms in total. The molecule has 2 heterocycles. The van der Waals surface area contributed by atoms with Gasteiger partial charge in [0, 0.05) is 16.0 Å². The fraction of sp³-hybridized carbons (Fsp3) is 0. The van der Waals surface area contributed by atoms with Gasteiger partial charge in [-0.05, 0) is 29.6 Å². The summed E-state index contributed by atoms with van der Waals surface area (Å²) in [5.74, 6) is -0.238. The molecule has 1 aromatic carbocycles. The predicted molar refractivity (Wildman–Crippen MR) is 72.2 cm³/mol. The van der Waals surface area contributed by atoms with Gasteiger partial charge in [-0.3, -0.25) is 0 Å². The van der Waals surface area contributed by atoms with E-state index in [1.165, 1.54) is 23.5 Å². The van der Waals surface area contributed by atoms with Crippen molar-refractivity contribution in [2.45, 2.75) is 0 Å². The Morgan fingerprint density at radius 3 is 2.83 bits per heavy atom. The normalized spacial score (nSPS) is 11.0. The maximum Gasteiger partial charge on any atom is 0.221 e. The number of aromatic nitrogens is 2. The summed E-state index contributed by atoms with van der Waals surface area (Å²) in [6.07, 6.45) is 0. The molecule has 0 aliphatic carbocycles. The van der Waals surface area contributed by atoms with Gasteiger partial charge in [0.1, 0.15) is 10.6 Å². The topological polar surface area (TPSA) is 51.8 Å². The van der Waals surface area contributed by atoms with Gasteiger partial charge < -0.3 is 5.73 Å². The van der Waals surface area contributed by atoms with Crippen LogP contribution in [-0.2, 0) is 0 Å². The van der Waals surface area contributed by atoms with Gasteiger partial charge in [-0.2, -0.15) is 0 Å². The molecule has 0 fully saturated rings. The zero-order valence-electron chi connectivity index (χ0n) is 9.02. The number of nitrogens with zero attached hydrogens (tertiary/aromatic N) is 2. The lowest BCUT2D eigenvalue weighted by molar-refractivity contribution is 0.628. The van der Waals surface area contributed by atoms with Crippen LogP contribution in [0.4, 0.5) is 10.3 Å². The Balaban J connectivity index is 2.33. The summed E-state index contributed by atoms with van der Waals surface area (Å²) in [7, 11) is 0. The third-order valence-corrected chi connectivity index (χ3v) is 3.50. The lowest BCUT2D eigenvalue weighted by Crippen LogP contribution is -1.96. The first-order valence-electron chi connectivity index (χ1n) is 5.10. The summed E-state index contributed by atoms with van der Waals surface area (Å²) < 4.78 is 13.4. The molecular weight excluding hydrogens is 273 g/mol. The van der Waals surface area contributed by atoms with E-state index in [1.807, 2.05) is 11.4 Å². The van der Waals surface area contributed by atoms with Crippen molar-refractivity contribution in [1.29, 1.82) is 0 Å².